The molecule has 0 heterocycles. The monoisotopic (exact) mass is 375 g/mol. The standard InChI is InChI=1S/C19H21NO5S/c1-14(21)20(16-6-7-16)13-15-4-3-5-18(12-15)25-26(22,23)19-10-8-17(24-2)9-11-19/h3-5,8-12,16H,6-7,13H2,1-2H3. The van der Waals surface area contributed by atoms with Gasteiger partial charge in [-0.3, -0.25) is 4.79 Å². The first-order chi connectivity index (χ1) is 12.4. The molecule has 0 aromatic heterocycles. The van der Waals surface area contributed by atoms with Crippen LogP contribution in [0.4, 0.5) is 0 Å². The summed E-state index contributed by atoms with van der Waals surface area (Å²) in [5, 5.41) is 0. The quantitative estimate of drug-likeness (QED) is 0.696. The Bertz CT molecular complexity index is 888. The molecular weight excluding hydrogens is 354 g/mol. The van der Waals surface area contributed by atoms with Crippen molar-refractivity contribution >= 4 is 16.0 Å². The van der Waals surface area contributed by atoms with Crippen molar-refractivity contribution in [1.82, 2.24) is 4.90 Å². The number of nitrogens with zero attached hydrogens (tertiary/aromatic N) is 1. The zero-order valence-electron chi connectivity index (χ0n) is 14.7. The van der Waals surface area contributed by atoms with Crippen LogP contribution < -0.4 is 8.92 Å². The van der Waals surface area contributed by atoms with E-state index in [9.17, 15) is 13.2 Å². The molecule has 0 aliphatic heterocycles. The van der Waals surface area contributed by atoms with Gasteiger partial charge in [0.1, 0.15) is 16.4 Å². The van der Waals surface area contributed by atoms with E-state index in [1.165, 1.54) is 19.2 Å². The highest BCUT2D eigenvalue weighted by atomic mass is 32.2. The molecule has 3 rings (SSSR count). The zero-order valence-corrected chi connectivity index (χ0v) is 15.5. The molecule has 6 nitrogen and oxygen atoms in total. The summed E-state index contributed by atoms with van der Waals surface area (Å²) >= 11 is 0. The molecule has 0 spiro atoms. The van der Waals surface area contributed by atoms with Crippen molar-refractivity contribution in [2.24, 2.45) is 0 Å². The average Bonchev–Trinajstić information content (AvgIpc) is 3.44. The van der Waals surface area contributed by atoms with Crippen LogP contribution in [0.25, 0.3) is 0 Å². The molecular formula is C19H21NO5S. The molecule has 2 aromatic carbocycles. The minimum Gasteiger partial charge on any atom is -0.497 e. The number of hydrogen-bond donors (Lipinski definition) is 0. The number of benzene rings is 2. The molecule has 1 amide bonds. The third-order valence-corrected chi connectivity index (χ3v) is 5.46. The Balaban J connectivity index is 1.75. The molecule has 0 radical (unpaired) electrons. The fraction of sp³-hybridized carbons (Fsp3) is 0.316. The first-order valence-corrected chi connectivity index (χ1v) is 9.74. The molecule has 1 fully saturated rings. The molecule has 2 aromatic rings. The van der Waals surface area contributed by atoms with Crippen LogP contribution in [-0.2, 0) is 21.5 Å². The fourth-order valence-corrected chi connectivity index (χ4v) is 3.62. The molecule has 138 valence electrons. The molecule has 0 bridgehead atoms. The zero-order chi connectivity index (χ0) is 18.7. The van der Waals surface area contributed by atoms with Gasteiger partial charge in [0.2, 0.25) is 5.91 Å². The lowest BCUT2D eigenvalue weighted by Gasteiger charge is -2.20. The van der Waals surface area contributed by atoms with Crippen LogP contribution >= 0.6 is 0 Å². The van der Waals surface area contributed by atoms with Crippen LogP contribution in [0.2, 0.25) is 0 Å². The number of methoxy groups -OCH3 is 1. The SMILES string of the molecule is COc1ccc(S(=O)(=O)Oc2cccc(CN(C(C)=O)C3CC3)c2)cc1. The molecule has 1 aliphatic rings. The summed E-state index contributed by atoms with van der Waals surface area (Å²) in [7, 11) is -2.43. The Kier molecular flexibility index (Phi) is 5.18. The van der Waals surface area contributed by atoms with Crippen molar-refractivity contribution in [2.45, 2.75) is 37.2 Å². The number of amides is 1. The molecule has 7 heteroatoms. The van der Waals surface area contributed by atoms with Crippen LogP contribution in [-0.4, -0.2) is 32.4 Å². The van der Waals surface area contributed by atoms with Crippen LogP contribution in [0, 0.1) is 0 Å². The van der Waals surface area contributed by atoms with Gasteiger partial charge in [-0.25, -0.2) is 0 Å². The molecule has 1 saturated carbocycles. The molecule has 1 aliphatic carbocycles. The van der Waals surface area contributed by atoms with E-state index in [-0.39, 0.29) is 16.6 Å². The highest BCUT2D eigenvalue weighted by Gasteiger charge is 2.30. The largest absolute Gasteiger partial charge is 0.497 e. The number of rotatable bonds is 7. The summed E-state index contributed by atoms with van der Waals surface area (Å²) in [6, 6.07) is 13.1. The van der Waals surface area contributed by atoms with Gasteiger partial charge in [0.25, 0.3) is 0 Å². The van der Waals surface area contributed by atoms with E-state index in [0.29, 0.717) is 18.3 Å². The van der Waals surface area contributed by atoms with Crippen LogP contribution in [0.5, 0.6) is 11.5 Å². The van der Waals surface area contributed by atoms with Crippen molar-refractivity contribution in [1.29, 1.82) is 0 Å². The van der Waals surface area contributed by atoms with Crippen LogP contribution in [0.3, 0.4) is 0 Å². The summed E-state index contributed by atoms with van der Waals surface area (Å²) < 4.78 is 35.1. The lowest BCUT2D eigenvalue weighted by Crippen LogP contribution is -2.30. The Labute approximate surface area is 153 Å². The second-order valence-electron chi connectivity index (χ2n) is 6.24. The van der Waals surface area contributed by atoms with Crippen molar-refractivity contribution < 1.29 is 22.1 Å². The third-order valence-electron chi connectivity index (χ3n) is 4.20. The Morgan fingerprint density at radius 2 is 1.81 bits per heavy atom. The smallest absolute Gasteiger partial charge is 0.339 e. The van der Waals surface area contributed by atoms with Crippen molar-refractivity contribution in [3.63, 3.8) is 0 Å². The maximum atomic E-state index is 12.4. The lowest BCUT2D eigenvalue weighted by atomic mass is 10.2. The van der Waals surface area contributed by atoms with E-state index in [2.05, 4.69) is 0 Å². The van der Waals surface area contributed by atoms with E-state index in [1.54, 1.807) is 42.2 Å². The predicted octanol–water partition coefficient (Wildman–Crippen LogP) is 2.97. The highest BCUT2D eigenvalue weighted by molar-refractivity contribution is 7.87. The topological polar surface area (TPSA) is 72.9 Å². The van der Waals surface area contributed by atoms with Gasteiger partial charge in [0, 0.05) is 19.5 Å². The van der Waals surface area contributed by atoms with Gasteiger partial charge >= 0.3 is 10.1 Å². The minimum atomic E-state index is -3.94. The number of carbonyl (C=O) groups excluding carboxylic acids is 1. The van der Waals surface area contributed by atoms with Gasteiger partial charge in [-0.15, -0.1) is 0 Å². The van der Waals surface area contributed by atoms with Crippen LogP contribution in [0.1, 0.15) is 25.3 Å². The molecule has 26 heavy (non-hydrogen) atoms. The van der Waals surface area contributed by atoms with E-state index in [0.717, 1.165) is 18.4 Å². The Morgan fingerprint density at radius 1 is 1.12 bits per heavy atom. The number of ether oxygens (including phenoxy) is 1. The van der Waals surface area contributed by atoms with Gasteiger partial charge in [-0.1, -0.05) is 12.1 Å². The first kappa shape index (κ1) is 18.3. The predicted molar refractivity (Wildman–Crippen MR) is 96.5 cm³/mol. The highest BCUT2D eigenvalue weighted by Crippen LogP contribution is 2.29. The summed E-state index contributed by atoms with van der Waals surface area (Å²) in [4.78, 5) is 13.6. The van der Waals surface area contributed by atoms with Crippen LogP contribution in [0.15, 0.2) is 53.4 Å². The Morgan fingerprint density at radius 3 is 2.38 bits per heavy atom. The van der Waals surface area contributed by atoms with Gasteiger partial charge in [-0.2, -0.15) is 8.42 Å². The molecule has 0 atom stereocenters. The average molecular weight is 375 g/mol. The summed E-state index contributed by atoms with van der Waals surface area (Å²) in [6.07, 6.45) is 2.03. The fourth-order valence-electron chi connectivity index (χ4n) is 2.69. The molecule has 0 saturated heterocycles. The minimum absolute atomic E-state index is 0.0182. The normalized spacial score (nSPS) is 13.9. The van der Waals surface area contributed by atoms with Gasteiger partial charge < -0.3 is 13.8 Å². The van der Waals surface area contributed by atoms with Gasteiger partial charge in [0.15, 0.2) is 0 Å². The molecule has 0 N–H and O–H groups in total. The number of carbonyl (C=O) groups is 1. The van der Waals surface area contributed by atoms with Crippen molar-refractivity contribution in [2.75, 3.05) is 7.11 Å². The molecule has 0 unspecified atom stereocenters. The Hall–Kier alpha value is -2.54. The van der Waals surface area contributed by atoms with E-state index >= 15 is 0 Å². The summed E-state index contributed by atoms with van der Waals surface area (Å²) in [5.74, 6) is 0.803. The van der Waals surface area contributed by atoms with Gasteiger partial charge in [0.05, 0.1) is 7.11 Å². The summed E-state index contributed by atoms with van der Waals surface area (Å²) in [5.41, 5.74) is 0.828. The second-order valence-corrected chi connectivity index (χ2v) is 7.78. The lowest BCUT2D eigenvalue weighted by molar-refractivity contribution is -0.130. The van der Waals surface area contributed by atoms with E-state index in [4.69, 9.17) is 8.92 Å². The first-order valence-electron chi connectivity index (χ1n) is 8.34. The van der Waals surface area contributed by atoms with Gasteiger partial charge in [-0.05, 0) is 54.8 Å². The van der Waals surface area contributed by atoms with E-state index in [1.807, 2.05) is 6.07 Å². The maximum Gasteiger partial charge on any atom is 0.339 e. The summed E-state index contributed by atoms with van der Waals surface area (Å²) in [6.45, 7) is 1.99. The maximum absolute atomic E-state index is 12.4. The van der Waals surface area contributed by atoms with Crippen molar-refractivity contribution in [3.05, 3.63) is 54.1 Å². The van der Waals surface area contributed by atoms with Crippen molar-refractivity contribution in [3.8, 4) is 11.5 Å². The van der Waals surface area contributed by atoms with E-state index < -0.39 is 10.1 Å². The third kappa shape index (κ3) is 4.35. The second kappa shape index (κ2) is 7.37. The number of hydrogen-bond acceptors (Lipinski definition) is 5.